The Labute approximate surface area is 173 Å². The smallest absolute Gasteiger partial charge is 0.266 e. The zero-order valence-corrected chi connectivity index (χ0v) is 17.0. The molecule has 0 aliphatic carbocycles. The van der Waals surface area contributed by atoms with Crippen molar-refractivity contribution in [3.63, 3.8) is 0 Å². The summed E-state index contributed by atoms with van der Waals surface area (Å²) in [6.45, 7) is 4.17. The van der Waals surface area contributed by atoms with E-state index in [4.69, 9.17) is 28.0 Å². The van der Waals surface area contributed by atoms with E-state index in [2.05, 4.69) is 13.8 Å². The molecule has 3 atom stereocenters. The molecule has 0 bridgehead atoms. The Balaban J connectivity index is 1.73. The second-order valence-electron chi connectivity index (χ2n) is 7.49. The topological polar surface area (TPSA) is 49.9 Å². The van der Waals surface area contributed by atoms with E-state index in [0.29, 0.717) is 12.3 Å². The molecule has 4 rings (SSSR count). The first-order chi connectivity index (χ1) is 13.4. The standard InChI is InChI=1S/C21H20Cl2N2O3/c1-12(2)11-16-17-19(28-25(16)13-7-4-3-5-8-13)21(27)24(20(17)26)18-14(22)9-6-10-15(18)23/h3-10,12,16-17,19H,11H2,1-2H3. The molecule has 2 saturated heterocycles. The number of imide groups is 1. The van der Waals surface area contributed by atoms with Gasteiger partial charge in [0, 0.05) is 0 Å². The van der Waals surface area contributed by atoms with Gasteiger partial charge in [-0.15, -0.1) is 0 Å². The molecule has 2 heterocycles. The number of anilines is 2. The zero-order chi connectivity index (χ0) is 20.0. The van der Waals surface area contributed by atoms with Gasteiger partial charge in [0.05, 0.1) is 33.4 Å². The minimum atomic E-state index is -0.885. The number of hydroxylamine groups is 1. The summed E-state index contributed by atoms with van der Waals surface area (Å²) in [5.74, 6) is -1.05. The molecule has 2 aliphatic heterocycles. The van der Waals surface area contributed by atoms with E-state index in [0.717, 1.165) is 10.6 Å². The monoisotopic (exact) mass is 418 g/mol. The van der Waals surface area contributed by atoms with Crippen molar-refractivity contribution < 1.29 is 14.4 Å². The molecule has 2 aromatic carbocycles. The summed E-state index contributed by atoms with van der Waals surface area (Å²) in [6, 6.07) is 14.2. The number of fused-ring (bicyclic) bond motifs is 1. The van der Waals surface area contributed by atoms with Crippen molar-refractivity contribution in [1.82, 2.24) is 0 Å². The lowest BCUT2D eigenvalue weighted by Crippen LogP contribution is -2.41. The van der Waals surface area contributed by atoms with Gasteiger partial charge in [-0.25, -0.2) is 9.96 Å². The molecule has 0 N–H and O–H groups in total. The Kier molecular flexibility index (Phi) is 5.08. The Morgan fingerprint density at radius 3 is 2.21 bits per heavy atom. The van der Waals surface area contributed by atoms with E-state index in [1.165, 1.54) is 0 Å². The Morgan fingerprint density at radius 1 is 0.964 bits per heavy atom. The second kappa shape index (κ2) is 7.39. The first-order valence-corrected chi connectivity index (χ1v) is 9.98. The third-order valence-electron chi connectivity index (χ3n) is 5.12. The highest BCUT2D eigenvalue weighted by molar-refractivity contribution is 6.42. The van der Waals surface area contributed by atoms with Crippen molar-refractivity contribution in [3.8, 4) is 0 Å². The zero-order valence-electron chi connectivity index (χ0n) is 15.5. The molecule has 2 aromatic rings. The maximum absolute atomic E-state index is 13.4. The van der Waals surface area contributed by atoms with Crippen LogP contribution in [0.1, 0.15) is 20.3 Å². The number of rotatable bonds is 4. The molecular weight excluding hydrogens is 399 g/mol. The van der Waals surface area contributed by atoms with E-state index in [-0.39, 0.29) is 27.7 Å². The Hall–Kier alpha value is -2.08. The number of para-hydroxylation sites is 2. The Morgan fingerprint density at radius 2 is 1.61 bits per heavy atom. The average molecular weight is 419 g/mol. The van der Waals surface area contributed by atoms with E-state index >= 15 is 0 Å². The maximum atomic E-state index is 13.4. The lowest BCUT2D eigenvalue weighted by molar-refractivity contribution is -0.126. The van der Waals surface area contributed by atoms with Crippen LogP contribution in [0, 0.1) is 11.8 Å². The van der Waals surface area contributed by atoms with Crippen molar-refractivity contribution in [2.45, 2.75) is 32.4 Å². The molecule has 0 saturated carbocycles. The number of nitrogens with zero attached hydrogens (tertiary/aromatic N) is 2. The van der Waals surface area contributed by atoms with Crippen molar-refractivity contribution in [2.24, 2.45) is 11.8 Å². The van der Waals surface area contributed by atoms with Gasteiger partial charge >= 0.3 is 0 Å². The van der Waals surface area contributed by atoms with E-state index < -0.39 is 17.9 Å². The molecule has 0 aromatic heterocycles. The number of carbonyl (C=O) groups excluding carboxylic acids is 2. The number of amides is 2. The molecule has 3 unspecified atom stereocenters. The third kappa shape index (κ3) is 3.08. The molecule has 2 amide bonds. The number of hydrogen-bond acceptors (Lipinski definition) is 4. The minimum absolute atomic E-state index is 0.230. The summed E-state index contributed by atoms with van der Waals surface area (Å²) in [5.41, 5.74) is 1.05. The molecule has 7 heteroatoms. The number of halogens is 2. The van der Waals surface area contributed by atoms with Crippen LogP contribution in [0.25, 0.3) is 0 Å². The van der Waals surface area contributed by atoms with Gasteiger partial charge < -0.3 is 0 Å². The van der Waals surface area contributed by atoms with E-state index in [9.17, 15) is 9.59 Å². The number of hydrogen-bond donors (Lipinski definition) is 0. The van der Waals surface area contributed by atoms with Crippen LogP contribution in [0.2, 0.25) is 10.0 Å². The fourth-order valence-electron chi connectivity index (χ4n) is 3.97. The molecule has 0 spiro atoms. The first kappa shape index (κ1) is 19.2. The predicted octanol–water partition coefficient (Wildman–Crippen LogP) is 4.72. The molecule has 0 radical (unpaired) electrons. The van der Waals surface area contributed by atoms with Crippen molar-refractivity contribution in [3.05, 3.63) is 58.6 Å². The van der Waals surface area contributed by atoms with E-state index in [1.807, 2.05) is 30.3 Å². The van der Waals surface area contributed by atoms with Crippen LogP contribution >= 0.6 is 23.2 Å². The fourth-order valence-corrected chi connectivity index (χ4v) is 4.53. The molecule has 28 heavy (non-hydrogen) atoms. The average Bonchev–Trinajstić information content (AvgIpc) is 3.13. The van der Waals surface area contributed by atoms with Crippen LogP contribution in [0.4, 0.5) is 11.4 Å². The number of carbonyl (C=O) groups is 2. The van der Waals surface area contributed by atoms with Gasteiger partial charge in [0.1, 0.15) is 0 Å². The first-order valence-electron chi connectivity index (χ1n) is 9.23. The fraction of sp³-hybridized carbons (Fsp3) is 0.333. The van der Waals surface area contributed by atoms with Gasteiger partial charge in [-0.05, 0) is 36.6 Å². The van der Waals surface area contributed by atoms with Crippen LogP contribution < -0.4 is 9.96 Å². The molecular formula is C21H20Cl2N2O3. The normalized spacial score (nSPS) is 24.4. The van der Waals surface area contributed by atoms with Crippen LogP contribution in [-0.4, -0.2) is 24.0 Å². The minimum Gasteiger partial charge on any atom is -0.273 e. The van der Waals surface area contributed by atoms with E-state index in [1.54, 1.807) is 23.3 Å². The van der Waals surface area contributed by atoms with Gasteiger partial charge in [-0.1, -0.05) is 61.3 Å². The molecule has 2 fully saturated rings. The summed E-state index contributed by atoms with van der Waals surface area (Å²) in [6.07, 6.45) is -0.178. The van der Waals surface area contributed by atoms with Crippen LogP contribution in [0.5, 0.6) is 0 Å². The summed E-state index contributed by atoms with van der Waals surface area (Å²) >= 11 is 12.5. The van der Waals surface area contributed by atoms with Crippen molar-refractivity contribution in [1.29, 1.82) is 0 Å². The van der Waals surface area contributed by atoms with Crippen LogP contribution in [0.3, 0.4) is 0 Å². The molecule has 146 valence electrons. The maximum Gasteiger partial charge on any atom is 0.266 e. The lowest BCUT2D eigenvalue weighted by atomic mass is 9.90. The summed E-state index contributed by atoms with van der Waals surface area (Å²) in [4.78, 5) is 33.6. The van der Waals surface area contributed by atoms with Gasteiger partial charge in [0.25, 0.3) is 5.91 Å². The predicted molar refractivity (Wildman–Crippen MR) is 109 cm³/mol. The van der Waals surface area contributed by atoms with Gasteiger partial charge in [-0.3, -0.25) is 14.4 Å². The summed E-state index contributed by atoms with van der Waals surface area (Å²) in [7, 11) is 0. The summed E-state index contributed by atoms with van der Waals surface area (Å²) in [5, 5.41) is 2.24. The summed E-state index contributed by atoms with van der Waals surface area (Å²) < 4.78 is 0. The highest BCUT2D eigenvalue weighted by atomic mass is 35.5. The second-order valence-corrected chi connectivity index (χ2v) is 8.31. The highest BCUT2D eigenvalue weighted by Gasteiger charge is 2.60. The van der Waals surface area contributed by atoms with Gasteiger partial charge in [-0.2, -0.15) is 0 Å². The highest BCUT2D eigenvalue weighted by Crippen LogP contribution is 2.45. The SMILES string of the molecule is CC(C)CC1C2C(=O)N(c3c(Cl)cccc3Cl)C(=O)C2ON1c1ccccc1. The van der Waals surface area contributed by atoms with Crippen LogP contribution in [0.15, 0.2) is 48.5 Å². The largest absolute Gasteiger partial charge is 0.273 e. The quantitative estimate of drug-likeness (QED) is 0.674. The third-order valence-corrected chi connectivity index (χ3v) is 5.73. The van der Waals surface area contributed by atoms with Crippen molar-refractivity contribution in [2.75, 3.05) is 9.96 Å². The van der Waals surface area contributed by atoms with Gasteiger partial charge in [0.15, 0.2) is 6.10 Å². The van der Waals surface area contributed by atoms with Crippen LogP contribution in [-0.2, 0) is 14.4 Å². The lowest BCUT2D eigenvalue weighted by Gasteiger charge is -2.29. The molecule has 5 nitrogen and oxygen atoms in total. The van der Waals surface area contributed by atoms with Gasteiger partial charge in [0.2, 0.25) is 5.91 Å². The molecule has 2 aliphatic rings. The Bertz CT molecular complexity index is 899. The number of benzene rings is 2. The van der Waals surface area contributed by atoms with Crippen molar-refractivity contribution >= 4 is 46.4 Å².